The average Bonchev–Trinajstić information content (AvgIpc) is 2.81. The Balaban J connectivity index is 2.15. The molecule has 0 aliphatic heterocycles. The Kier molecular flexibility index (Phi) is 2.21. The molecule has 1 fully saturated rings. The quantitative estimate of drug-likeness (QED) is 0.774. The van der Waals surface area contributed by atoms with Crippen LogP contribution in [0.15, 0.2) is 12.3 Å². The van der Waals surface area contributed by atoms with Gasteiger partial charge in [-0.3, -0.25) is 4.98 Å². The van der Waals surface area contributed by atoms with Crippen LogP contribution in [0.25, 0.3) is 0 Å². The van der Waals surface area contributed by atoms with E-state index in [1.165, 1.54) is 16.4 Å². The van der Waals surface area contributed by atoms with Crippen LogP contribution in [0.2, 0.25) is 0 Å². The van der Waals surface area contributed by atoms with Crippen molar-refractivity contribution < 1.29 is 4.74 Å². The smallest absolute Gasteiger partial charge is 0.139 e. The largest absolute Gasteiger partial charge is 0.489 e. The Morgan fingerprint density at radius 1 is 1.58 bits per heavy atom. The first-order chi connectivity index (χ1) is 5.75. The minimum atomic E-state index is 0.463. The molecular formula is C9H10INO. The summed E-state index contributed by atoms with van der Waals surface area (Å²) in [4.78, 5) is 4.23. The van der Waals surface area contributed by atoms with E-state index < -0.39 is 0 Å². The van der Waals surface area contributed by atoms with Crippen LogP contribution in [0.1, 0.15) is 18.5 Å². The van der Waals surface area contributed by atoms with Crippen molar-refractivity contribution in [2.75, 3.05) is 0 Å². The van der Waals surface area contributed by atoms with E-state index in [0.717, 1.165) is 11.4 Å². The van der Waals surface area contributed by atoms with Gasteiger partial charge in [0.05, 0.1) is 18.0 Å². The molecule has 2 rings (SSSR count). The Morgan fingerprint density at radius 2 is 2.33 bits per heavy atom. The molecule has 12 heavy (non-hydrogen) atoms. The lowest BCUT2D eigenvalue weighted by molar-refractivity contribution is 0.301. The molecule has 1 heterocycles. The topological polar surface area (TPSA) is 22.1 Å². The van der Waals surface area contributed by atoms with Crippen molar-refractivity contribution in [1.29, 1.82) is 0 Å². The van der Waals surface area contributed by atoms with Crippen LogP contribution in [0.5, 0.6) is 5.75 Å². The monoisotopic (exact) mass is 275 g/mol. The standard InChI is InChI=1S/C9H10INO/c1-6-9(10)4-8(5-11-6)12-7-2-3-7/h4-5,7H,2-3H2,1H3. The predicted octanol–water partition coefficient (Wildman–Crippen LogP) is 2.54. The van der Waals surface area contributed by atoms with Gasteiger partial charge in [0.25, 0.3) is 0 Å². The third-order valence-electron chi connectivity index (χ3n) is 1.83. The summed E-state index contributed by atoms with van der Waals surface area (Å²) in [5.41, 5.74) is 1.07. The molecule has 0 aromatic carbocycles. The number of hydrogen-bond acceptors (Lipinski definition) is 2. The number of rotatable bonds is 2. The van der Waals surface area contributed by atoms with Gasteiger partial charge in [0, 0.05) is 3.57 Å². The van der Waals surface area contributed by atoms with E-state index in [1.807, 2.05) is 13.0 Å². The fourth-order valence-electron chi connectivity index (χ4n) is 0.932. The van der Waals surface area contributed by atoms with Crippen LogP contribution in [-0.2, 0) is 0 Å². The molecule has 0 unspecified atom stereocenters. The van der Waals surface area contributed by atoms with Crippen LogP contribution in [0.4, 0.5) is 0 Å². The van der Waals surface area contributed by atoms with Crippen molar-refractivity contribution in [3.8, 4) is 5.75 Å². The van der Waals surface area contributed by atoms with Gasteiger partial charge in [0.1, 0.15) is 5.75 Å². The van der Waals surface area contributed by atoms with Crippen molar-refractivity contribution in [3.63, 3.8) is 0 Å². The third-order valence-corrected chi connectivity index (χ3v) is 2.92. The maximum atomic E-state index is 5.59. The second-order valence-electron chi connectivity index (χ2n) is 3.06. The highest BCUT2D eigenvalue weighted by Gasteiger charge is 2.23. The van der Waals surface area contributed by atoms with E-state index >= 15 is 0 Å². The van der Waals surface area contributed by atoms with E-state index in [9.17, 15) is 0 Å². The van der Waals surface area contributed by atoms with Gasteiger partial charge >= 0.3 is 0 Å². The molecule has 1 aliphatic carbocycles. The van der Waals surface area contributed by atoms with E-state index in [0.29, 0.717) is 6.10 Å². The molecule has 0 saturated heterocycles. The number of nitrogens with zero attached hydrogens (tertiary/aromatic N) is 1. The Labute approximate surface area is 85.5 Å². The van der Waals surface area contributed by atoms with Gasteiger partial charge in [0.2, 0.25) is 0 Å². The first kappa shape index (κ1) is 8.29. The summed E-state index contributed by atoms with van der Waals surface area (Å²) in [7, 11) is 0. The summed E-state index contributed by atoms with van der Waals surface area (Å²) in [6, 6.07) is 2.04. The van der Waals surface area contributed by atoms with Crippen LogP contribution >= 0.6 is 22.6 Å². The minimum absolute atomic E-state index is 0.463. The molecule has 1 aromatic rings. The maximum absolute atomic E-state index is 5.59. The first-order valence-corrected chi connectivity index (χ1v) is 5.12. The zero-order valence-corrected chi connectivity index (χ0v) is 9.04. The Morgan fingerprint density at radius 3 is 2.92 bits per heavy atom. The fourth-order valence-corrected chi connectivity index (χ4v) is 1.38. The van der Waals surface area contributed by atoms with Crippen molar-refractivity contribution in [3.05, 3.63) is 21.5 Å². The summed E-state index contributed by atoms with van der Waals surface area (Å²) >= 11 is 2.27. The maximum Gasteiger partial charge on any atom is 0.139 e. The highest BCUT2D eigenvalue weighted by molar-refractivity contribution is 14.1. The molecule has 0 atom stereocenters. The lowest BCUT2D eigenvalue weighted by Gasteiger charge is -2.04. The number of aromatic nitrogens is 1. The van der Waals surface area contributed by atoms with Crippen molar-refractivity contribution >= 4 is 22.6 Å². The molecule has 0 bridgehead atoms. The van der Waals surface area contributed by atoms with E-state index in [1.54, 1.807) is 6.20 Å². The fraction of sp³-hybridized carbons (Fsp3) is 0.444. The van der Waals surface area contributed by atoms with Crippen LogP contribution in [-0.4, -0.2) is 11.1 Å². The lowest BCUT2D eigenvalue weighted by Crippen LogP contribution is -1.97. The number of halogens is 1. The molecule has 3 heteroatoms. The first-order valence-electron chi connectivity index (χ1n) is 4.04. The molecular weight excluding hydrogens is 265 g/mol. The highest BCUT2D eigenvalue weighted by atomic mass is 127. The predicted molar refractivity (Wildman–Crippen MR) is 55.3 cm³/mol. The zero-order valence-electron chi connectivity index (χ0n) is 6.88. The number of aryl methyl sites for hydroxylation is 1. The molecule has 0 radical (unpaired) electrons. The van der Waals surface area contributed by atoms with Gasteiger partial charge in [0.15, 0.2) is 0 Å². The normalized spacial score (nSPS) is 16.2. The molecule has 1 saturated carbocycles. The molecule has 0 spiro atoms. The van der Waals surface area contributed by atoms with Gasteiger partial charge in [-0.1, -0.05) is 0 Å². The Hall–Kier alpha value is -0.320. The second-order valence-corrected chi connectivity index (χ2v) is 4.22. The highest BCUT2D eigenvalue weighted by Crippen LogP contribution is 2.27. The summed E-state index contributed by atoms with van der Waals surface area (Å²) < 4.78 is 6.77. The molecule has 0 amide bonds. The van der Waals surface area contributed by atoms with Crippen molar-refractivity contribution in [1.82, 2.24) is 4.98 Å². The number of pyridine rings is 1. The Bertz CT molecular complexity index is 297. The summed E-state index contributed by atoms with van der Waals surface area (Å²) in [6.45, 7) is 2.00. The molecule has 1 aliphatic rings. The van der Waals surface area contributed by atoms with E-state index in [2.05, 4.69) is 27.6 Å². The zero-order chi connectivity index (χ0) is 8.55. The SMILES string of the molecule is Cc1ncc(OC2CC2)cc1I. The summed E-state index contributed by atoms with van der Waals surface area (Å²) in [5, 5.41) is 0. The van der Waals surface area contributed by atoms with Crippen LogP contribution in [0, 0.1) is 10.5 Å². The summed E-state index contributed by atoms with van der Waals surface area (Å²) in [5.74, 6) is 0.910. The molecule has 2 nitrogen and oxygen atoms in total. The lowest BCUT2D eigenvalue weighted by atomic mass is 10.4. The second kappa shape index (κ2) is 3.20. The van der Waals surface area contributed by atoms with E-state index in [4.69, 9.17) is 4.74 Å². The van der Waals surface area contributed by atoms with Gasteiger partial charge in [-0.05, 0) is 48.4 Å². The average molecular weight is 275 g/mol. The summed E-state index contributed by atoms with van der Waals surface area (Å²) in [6.07, 6.45) is 4.66. The van der Waals surface area contributed by atoms with E-state index in [-0.39, 0.29) is 0 Å². The van der Waals surface area contributed by atoms with Crippen molar-refractivity contribution in [2.45, 2.75) is 25.9 Å². The van der Waals surface area contributed by atoms with Crippen molar-refractivity contribution in [2.24, 2.45) is 0 Å². The van der Waals surface area contributed by atoms with Gasteiger partial charge in [-0.15, -0.1) is 0 Å². The minimum Gasteiger partial charge on any atom is -0.489 e. The van der Waals surface area contributed by atoms with Crippen LogP contribution in [0.3, 0.4) is 0 Å². The number of hydrogen-bond donors (Lipinski definition) is 0. The molecule has 1 aromatic heterocycles. The van der Waals surface area contributed by atoms with Gasteiger partial charge < -0.3 is 4.74 Å². The van der Waals surface area contributed by atoms with Crippen LogP contribution < -0.4 is 4.74 Å². The van der Waals surface area contributed by atoms with Gasteiger partial charge in [-0.25, -0.2) is 0 Å². The molecule has 0 N–H and O–H groups in total. The number of ether oxygens (including phenoxy) is 1. The molecule has 64 valence electrons. The third kappa shape index (κ3) is 1.88. The van der Waals surface area contributed by atoms with Gasteiger partial charge in [-0.2, -0.15) is 0 Å².